The minimum absolute atomic E-state index is 0.00918. The number of benzene rings is 2. The largest absolute Gasteiger partial charge is 0.490 e. The van der Waals surface area contributed by atoms with Gasteiger partial charge in [-0.25, -0.2) is 9.59 Å². The van der Waals surface area contributed by atoms with Gasteiger partial charge in [-0.1, -0.05) is 35.9 Å². The minimum atomic E-state index is -0.435. The van der Waals surface area contributed by atoms with Crippen LogP contribution in [0.4, 0.5) is 9.59 Å². The maximum Gasteiger partial charge on any atom is 0.416 e. The first kappa shape index (κ1) is 32.8. The van der Waals surface area contributed by atoms with Crippen molar-refractivity contribution in [3.8, 4) is 11.5 Å². The van der Waals surface area contributed by atoms with Crippen LogP contribution in [0.3, 0.4) is 0 Å². The molecule has 7 rings (SSSR count). The van der Waals surface area contributed by atoms with Gasteiger partial charge in [0, 0.05) is 73.4 Å². The van der Waals surface area contributed by atoms with Crippen molar-refractivity contribution in [3.05, 3.63) is 80.9 Å². The first-order valence-corrected chi connectivity index (χ1v) is 17.5. The number of rotatable bonds is 7. The molecular weight excluding hydrogens is 655 g/mol. The van der Waals surface area contributed by atoms with Gasteiger partial charge in [0.1, 0.15) is 30.3 Å². The van der Waals surface area contributed by atoms with Crippen LogP contribution < -0.4 is 20.0 Å². The molecule has 10 nitrogen and oxygen atoms in total. The lowest BCUT2D eigenvalue weighted by Crippen LogP contribution is -2.43. The minimum Gasteiger partial charge on any atom is -0.490 e. The van der Waals surface area contributed by atoms with Gasteiger partial charge < -0.3 is 28.8 Å². The van der Waals surface area contributed by atoms with Crippen molar-refractivity contribution in [1.29, 1.82) is 0 Å². The maximum absolute atomic E-state index is 13.6. The van der Waals surface area contributed by atoms with Crippen molar-refractivity contribution in [3.63, 3.8) is 0 Å². The molecule has 12 heteroatoms. The number of aromatic nitrogens is 1. The van der Waals surface area contributed by atoms with E-state index >= 15 is 0 Å². The number of nitrogens with zero attached hydrogens (tertiary/aromatic N) is 3. The zero-order chi connectivity index (χ0) is 33.0. The quantitative estimate of drug-likeness (QED) is 0.359. The Kier molecular flexibility index (Phi) is 10.1. The number of alkyl halides is 1. The van der Waals surface area contributed by atoms with Crippen molar-refractivity contribution in [1.82, 2.24) is 19.7 Å². The number of likely N-dealkylation sites (tertiary alicyclic amines) is 1. The maximum atomic E-state index is 13.6. The first-order chi connectivity index (χ1) is 23.4. The van der Waals surface area contributed by atoms with Crippen LogP contribution >= 0.6 is 23.2 Å². The third kappa shape index (κ3) is 7.47. The second-order valence-electron chi connectivity index (χ2n) is 12.6. The number of carbonyl (C=O) groups excluding carboxylic acids is 2. The van der Waals surface area contributed by atoms with Crippen molar-refractivity contribution in [2.75, 3.05) is 59.1 Å². The van der Waals surface area contributed by atoms with Crippen molar-refractivity contribution in [2.24, 2.45) is 0 Å². The topological polar surface area (TPSA) is 96.6 Å². The fraction of sp³-hybridized carbons (Fsp3) is 0.444. The molecule has 2 amide bonds. The second kappa shape index (κ2) is 14.8. The van der Waals surface area contributed by atoms with Crippen LogP contribution in [0.15, 0.2) is 48.5 Å². The Bertz CT molecular complexity index is 1720. The molecule has 4 heterocycles. The first-order valence-electron chi connectivity index (χ1n) is 16.7. The number of morpholine rings is 1. The molecule has 1 aliphatic carbocycles. The standard InChI is InChI=1S/C36H40Cl2N4O6/c37-25-3-8-28(9-4-25)48-36(44)42-16-13-30-31-23-26(38)5-10-32(31)39-33(30)34(42)24-1-6-27(7-2-24)47-29-11-14-41(15-12-29)35(43)46-22-19-40-17-20-45-21-18-40/h1-4,6-10,23,26,29,34,39H,5,11-22H2/t26?,34-/m0/s1. The molecule has 2 fully saturated rings. The van der Waals surface area contributed by atoms with Crippen LogP contribution in [0.25, 0.3) is 12.2 Å². The molecule has 0 radical (unpaired) electrons. The molecular formula is C36H40Cl2N4O6. The molecule has 1 N–H and O–H groups in total. The Hall–Kier alpha value is -3.70. The zero-order valence-corrected chi connectivity index (χ0v) is 28.3. The van der Waals surface area contributed by atoms with E-state index in [1.165, 1.54) is 5.56 Å². The van der Waals surface area contributed by atoms with Crippen molar-refractivity contribution >= 4 is 47.5 Å². The number of fused-ring (bicyclic) bond motifs is 3. The summed E-state index contributed by atoms with van der Waals surface area (Å²) in [5.41, 5.74) is 3.08. The summed E-state index contributed by atoms with van der Waals surface area (Å²) < 4.78 is 23.1. The summed E-state index contributed by atoms with van der Waals surface area (Å²) in [5.74, 6) is 1.18. The number of ether oxygens (including phenoxy) is 4. The number of amides is 2. The van der Waals surface area contributed by atoms with Crippen LogP contribution in [0, 0.1) is 0 Å². The van der Waals surface area contributed by atoms with E-state index in [2.05, 4.69) is 22.0 Å². The lowest BCUT2D eigenvalue weighted by Gasteiger charge is -2.35. The molecule has 254 valence electrons. The van der Waals surface area contributed by atoms with Gasteiger partial charge in [0.25, 0.3) is 0 Å². The second-order valence-corrected chi connectivity index (χ2v) is 13.6. The van der Waals surface area contributed by atoms with Crippen molar-refractivity contribution < 1.29 is 28.5 Å². The van der Waals surface area contributed by atoms with E-state index in [4.69, 9.17) is 42.1 Å². The van der Waals surface area contributed by atoms with Crippen LogP contribution in [0.5, 0.6) is 11.5 Å². The predicted molar refractivity (Wildman–Crippen MR) is 183 cm³/mol. The van der Waals surface area contributed by atoms with Gasteiger partial charge >= 0.3 is 12.2 Å². The highest BCUT2D eigenvalue weighted by Gasteiger charge is 2.36. The monoisotopic (exact) mass is 694 g/mol. The number of hydrogen-bond donors (Lipinski definition) is 1. The number of piperidine rings is 1. The molecule has 4 aliphatic rings. The third-order valence-corrected chi connectivity index (χ3v) is 10.0. The summed E-state index contributed by atoms with van der Waals surface area (Å²) in [6.45, 7) is 5.97. The molecule has 48 heavy (non-hydrogen) atoms. The van der Waals surface area contributed by atoms with Gasteiger partial charge in [-0.3, -0.25) is 9.80 Å². The van der Waals surface area contributed by atoms with Gasteiger partial charge in [-0.05, 0) is 60.4 Å². The molecule has 2 saturated heterocycles. The number of aromatic amines is 1. The summed E-state index contributed by atoms with van der Waals surface area (Å²) in [7, 11) is 0. The van der Waals surface area contributed by atoms with E-state index in [0.29, 0.717) is 43.4 Å². The normalized spacial score (nSPS) is 21.4. The van der Waals surface area contributed by atoms with E-state index in [1.807, 2.05) is 24.3 Å². The highest BCUT2D eigenvalue weighted by atomic mass is 35.5. The Labute approximate surface area is 289 Å². The van der Waals surface area contributed by atoms with Gasteiger partial charge in [-0.2, -0.15) is 0 Å². The SMILES string of the molecule is O=C(OCCN1CCOCC1)N1CCC(Oc2ccc([C@H]3c4[nH]c5c(c4CCN3C(=O)Oc3ccc(Cl)cc3)=CC(Cl)CC=5)cc2)CC1. The molecule has 1 aromatic heterocycles. The van der Waals surface area contributed by atoms with E-state index in [1.54, 1.807) is 34.1 Å². The van der Waals surface area contributed by atoms with E-state index < -0.39 is 6.09 Å². The Morgan fingerprint density at radius 2 is 1.65 bits per heavy atom. The van der Waals surface area contributed by atoms with Gasteiger partial charge in [0.05, 0.1) is 18.6 Å². The smallest absolute Gasteiger partial charge is 0.416 e. The lowest BCUT2D eigenvalue weighted by molar-refractivity contribution is 0.0220. The van der Waals surface area contributed by atoms with Crippen LogP contribution in [-0.4, -0.2) is 102 Å². The summed E-state index contributed by atoms with van der Waals surface area (Å²) in [6, 6.07) is 14.3. The Morgan fingerprint density at radius 1 is 0.917 bits per heavy atom. The molecule has 2 atom stereocenters. The van der Waals surface area contributed by atoms with E-state index in [-0.39, 0.29) is 23.6 Å². The van der Waals surface area contributed by atoms with Gasteiger partial charge in [0.15, 0.2) is 0 Å². The van der Waals surface area contributed by atoms with Gasteiger partial charge in [-0.15, -0.1) is 11.6 Å². The lowest BCUT2D eigenvalue weighted by atomic mass is 9.92. The highest BCUT2D eigenvalue weighted by molar-refractivity contribution is 6.30. The van der Waals surface area contributed by atoms with Crippen molar-refractivity contribution in [2.45, 2.75) is 43.2 Å². The number of H-pyrrole nitrogens is 1. The summed E-state index contributed by atoms with van der Waals surface area (Å²) >= 11 is 12.5. The summed E-state index contributed by atoms with van der Waals surface area (Å²) in [6.07, 6.45) is 6.41. The van der Waals surface area contributed by atoms with Crippen LogP contribution in [0.1, 0.15) is 42.1 Å². The molecule has 0 saturated carbocycles. The zero-order valence-electron chi connectivity index (χ0n) is 26.7. The third-order valence-electron chi connectivity index (χ3n) is 9.48. The molecule has 3 aliphatic heterocycles. The Morgan fingerprint density at radius 3 is 2.40 bits per heavy atom. The predicted octanol–water partition coefficient (Wildman–Crippen LogP) is 4.70. The molecule has 2 aromatic carbocycles. The fourth-order valence-corrected chi connectivity index (χ4v) is 7.25. The van der Waals surface area contributed by atoms with E-state index in [0.717, 1.165) is 79.7 Å². The Balaban J connectivity index is 1.01. The number of carbonyl (C=O) groups is 2. The average Bonchev–Trinajstić information content (AvgIpc) is 3.48. The summed E-state index contributed by atoms with van der Waals surface area (Å²) in [5, 5.41) is 2.68. The molecule has 1 unspecified atom stereocenters. The molecule has 0 bridgehead atoms. The molecule has 0 spiro atoms. The molecule has 3 aromatic rings. The van der Waals surface area contributed by atoms with Crippen LogP contribution in [0.2, 0.25) is 5.02 Å². The number of nitrogens with one attached hydrogen (secondary N) is 1. The highest BCUT2D eigenvalue weighted by Crippen LogP contribution is 2.35. The number of hydrogen-bond acceptors (Lipinski definition) is 7. The van der Waals surface area contributed by atoms with E-state index in [9.17, 15) is 9.59 Å². The summed E-state index contributed by atoms with van der Waals surface area (Å²) in [4.78, 5) is 35.6. The number of halogens is 2. The van der Waals surface area contributed by atoms with Crippen LogP contribution in [-0.2, 0) is 15.9 Å². The van der Waals surface area contributed by atoms with Gasteiger partial charge in [0.2, 0.25) is 0 Å². The average molecular weight is 696 g/mol. The fourth-order valence-electron chi connectivity index (χ4n) is 6.91.